The number of halogens is 2. The van der Waals surface area contributed by atoms with E-state index in [1.54, 1.807) is 0 Å². The molecular weight excluding hydrogens is 511 g/mol. The van der Waals surface area contributed by atoms with Crippen LogP contribution < -0.4 is 0 Å². The molecule has 0 saturated heterocycles. The third kappa shape index (κ3) is 3.45. The van der Waals surface area contributed by atoms with Crippen LogP contribution in [-0.2, 0) is 0 Å². The maximum Gasteiger partial charge on any atom is 0.123 e. The van der Waals surface area contributed by atoms with Crippen LogP contribution >= 0.6 is 22.7 Å². The lowest BCUT2D eigenvalue weighted by Crippen LogP contribution is -1.80. The van der Waals surface area contributed by atoms with Crippen molar-refractivity contribution in [2.75, 3.05) is 0 Å². The molecule has 0 fully saturated rings. The lowest BCUT2D eigenvalue weighted by atomic mass is 10.00. The number of rotatable bonds is 2. The van der Waals surface area contributed by atoms with Gasteiger partial charge in [-0.3, -0.25) is 0 Å². The van der Waals surface area contributed by atoms with Crippen LogP contribution in [0, 0.1) is 11.6 Å². The summed E-state index contributed by atoms with van der Waals surface area (Å²) in [6.45, 7) is 0. The van der Waals surface area contributed by atoms with Gasteiger partial charge >= 0.3 is 0 Å². The third-order valence-corrected chi connectivity index (χ3v) is 9.85. The van der Waals surface area contributed by atoms with Crippen LogP contribution in [0.1, 0.15) is 0 Å². The molecular formula is C34H18F2S2. The van der Waals surface area contributed by atoms with Crippen LogP contribution in [-0.4, -0.2) is 0 Å². The van der Waals surface area contributed by atoms with Gasteiger partial charge in [0.05, 0.1) is 9.40 Å². The lowest BCUT2D eigenvalue weighted by Gasteiger charge is -2.05. The molecule has 4 heteroatoms. The molecule has 0 atom stereocenters. The molecule has 2 heterocycles. The number of thiophene rings is 2. The number of fused-ring (bicyclic) bond motifs is 7. The van der Waals surface area contributed by atoms with Crippen molar-refractivity contribution >= 4 is 73.8 Å². The Labute approximate surface area is 225 Å². The van der Waals surface area contributed by atoms with Gasteiger partial charge in [-0.25, -0.2) is 8.78 Å². The van der Waals surface area contributed by atoms with Gasteiger partial charge in [0, 0.05) is 20.2 Å². The lowest BCUT2D eigenvalue weighted by molar-refractivity contribution is 0.627. The average Bonchev–Trinajstić information content (AvgIpc) is 3.46. The fraction of sp³-hybridized carbons (Fsp3) is 0. The van der Waals surface area contributed by atoms with E-state index >= 15 is 0 Å². The van der Waals surface area contributed by atoms with Crippen molar-refractivity contribution in [1.82, 2.24) is 0 Å². The normalized spacial score (nSPS) is 11.9. The first-order valence-electron chi connectivity index (χ1n) is 12.4. The predicted molar refractivity (Wildman–Crippen MR) is 161 cm³/mol. The maximum absolute atomic E-state index is 13.4. The van der Waals surface area contributed by atoms with E-state index in [2.05, 4.69) is 60.7 Å². The van der Waals surface area contributed by atoms with Crippen LogP contribution in [0.4, 0.5) is 8.78 Å². The van der Waals surface area contributed by atoms with Crippen molar-refractivity contribution in [1.29, 1.82) is 0 Å². The Morgan fingerprint density at radius 1 is 0.368 bits per heavy atom. The fourth-order valence-electron chi connectivity index (χ4n) is 5.39. The fourth-order valence-corrected chi connectivity index (χ4v) is 8.08. The van der Waals surface area contributed by atoms with Gasteiger partial charge < -0.3 is 0 Å². The second-order valence-electron chi connectivity index (χ2n) is 9.70. The highest BCUT2D eigenvalue weighted by molar-refractivity contribution is 7.36. The van der Waals surface area contributed by atoms with Gasteiger partial charge in [0.25, 0.3) is 0 Å². The van der Waals surface area contributed by atoms with Crippen molar-refractivity contribution in [3.8, 4) is 22.3 Å². The largest absolute Gasteiger partial charge is 0.207 e. The van der Waals surface area contributed by atoms with Gasteiger partial charge in [-0.15, -0.1) is 22.7 Å². The van der Waals surface area contributed by atoms with Gasteiger partial charge in [-0.05, 0) is 104 Å². The monoisotopic (exact) mass is 528 g/mol. The van der Waals surface area contributed by atoms with Crippen molar-refractivity contribution in [2.45, 2.75) is 0 Å². The molecule has 0 N–H and O–H groups in total. The maximum atomic E-state index is 13.4. The van der Waals surface area contributed by atoms with Gasteiger partial charge in [0.15, 0.2) is 0 Å². The Balaban J connectivity index is 1.30. The molecule has 38 heavy (non-hydrogen) atoms. The second-order valence-corrected chi connectivity index (χ2v) is 11.8. The quantitative estimate of drug-likeness (QED) is 0.209. The molecule has 0 saturated carbocycles. The van der Waals surface area contributed by atoms with Crippen LogP contribution in [0.3, 0.4) is 0 Å². The summed E-state index contributed by atoms with van der Waals surface area (Å²) in [6.07, 6.45) is 0. The van der Waals surface area contributed by atoms with Gasteiger partial charge in [0.2, 0.25) is 0 Å². The minimum absolute atomic E-state index is 0.221. The highest BCUT2D eigenvalue weighted by Gasteiger charge is 2.14. The van der Waals surface area contributed by atoms with E-state index in [0.717, 1.165) is 22.3 Å². The molecule has 0 spiro atoms. The van der Waals surface area contributed by atoms with Crippen LogP contribution in [0.5, 0.6) is 0 Å². The third-order valence-electron chi connectivity index (χ3n) is 7.35. The Bertz CT molecular complexity index is 2020. The van der Waals surface area contributed by atoms with Crippen molar-refractivity contribution in [2.24, 2.45) is 0 Å². The van der Waals surface area contributed by atoms with E-state index in [4.69, 9.17) is 0 Å². The molecule has 0 radical (unpaired) electrons. The molecule has 0 amide bonds. The zero-order chi connectivity index (χ0) is 25.4. The zero-order valence-corrected chi connectivity index (χ0v) is 21.6. The second kappa shape index (κ2) is 8.19. The molecule has 0 aliphatic heterocycles. The van der Waals surface area contributed by atoms with Gasteiger partial charge in [-0.2, -0.15) is 0 Å². The van der Waals surface area contributed by atoms with Crippen molar-refractivity contribution in [3.05, 3.63) is 121 Å². The van der Waals surface area contributed by atoms with E-state index < -0.39 is 0 Å². The standard InChI is InChI=1S/C34H18F2S2/c35-27-9-5-19(6-10-27)21-1-3-23-17-31-29(15-25(23)13-21)33-34(37-31)30-16-26-14-22(20-7-11-28(36)12-8-20)2-4-24(26)18-32(30)38-33/h1-18H. The topological polar surface area (TPSA) is 0 Å². The highest BCUT2D eigenvalue weighted by Crippen LogP contribution is 2.46. The van der Waals surface area contributed by atoms with E-state index in [9.17, 15) is 8.78 Å². The summed E-state index contributed by atoms with van der Waals surface area (Å²) >= 11 is 3.71. The van der Waals surface area contributed by atoms with Crippen molar-refractivity contribution < 1.29 is 8.78 Å². The number of benzene rings is 6. The summed E-state index contributed by atoms with van der Waals surface area (Å²) < 4.78 is 32.1. The Morgan fingerprint density at radius 3 is 1.18 bits per heavy atom. The SMILES string of the molecule is Fc1ccc(-c2ccc3cc4sc5c6cc7cc(-c8ccc(F)cc8)ccc7cc6sc5c4cc3c2)cc1. The molecule has 2 aromatic heterocycles. The molecule has 6 aromatic carbocycles. The molecule has 8 rings (SSSR count). The zero-order valence-electron chi connectivity index (χ0n) is 20.0. The summed E-state index contributed by atoms with van der Waals surface area (Å²) in [5, 5.41) is 7.35. The molecule has 8 aromatic rings. The minimum atomic E-state index is -0.221. The highest BCUT2D eigenvalue weighted by atomic mass is 32.1. The molecule has 0 unspecified atom stereocenters. The van der Waals surface area contributed by atoms with E-state index in [1.165, 1.54) is 75.4 Å². The molecule has 0 nitrogen and oxygen atoms in total. The molecule has 180 valence electrons. The first-order chi connectivity index (χ1) is 18.6. The summed E-state index contributed by atoms with van der Waals surface area (Å²) in [5.41, 5.74) is 4.19. The van der Waals surface area contributed by atoms with Crippen LogP contribution in [0.2, 0.25) is 0 Å². The van der Waals surface area contributed by atoms with E-state index in [-0.39, 0.29) is 11.6 Å². The van der Waals surface area contributed by atoms with Gasteiger partial charge in [0.1, 0.15) is 11.6 Å². The Morgan fingerprint density at radius 2 is 0.763 bits per heavy atom. The predicted octanol–water partition coefficient (Wildman–Crippen LogP) is 11.2. The smallest absolute Gasteiger partial charge is 0.123 e. The van der Waals surface area contributed by atoms with E-state index in [1.807, 2.05) is 46.9 Å². The summed E-state index contributed by atoms with van der Waals surface area (Å²) in [6, 6.07) is 35.5. The molecule has 0 bridgehead atoms. The molecule has 0 aliphatic carbocycles. The summed E-state index contributed by atoms with van der Waals surface area (Å²) in [5.74, 6) is -0.443. The first kappa shape index (κ1) is 21.9. The average molecular weight is 529 g/mol. The Kier molecular flexibility index (Phi) is 4.72. The van der Waals surface area contributed by atoms with Crippen molar-refractivity contribution in [3.63, 3.8) is 0 Å². The number of hydrogen-bond acceptors (Lipinski definition) is 2. The summed E-state index contributed by atoms with van der Waals surface area (Å²) in [4.78, 5) is 0. The molecule has 0 aliphatic rings. The minimum Gasteiger partial charge on any atom is -0.207 e. The Hall–Kier alpha value is -4.12. The van der Waals surface area contributed by atoms with Crippen LogP contribution in [0.15, 0.2) is 109 Å². The van der Waals surface area contributed by atoms with Gasteiger partial charge in [-0.1, -0.05) is 48.5 Å². The summed E-state index contributed by atoms with van der Waals surface area (Å²) in [7, 11) is 0. The number of hydrogen-bond donors (Lipinski definition) is 0. The first-order valence-corrected chi connectivity index (χ1v) is 14.0. The van der Waals surface area contributed by atoms with E-state index in [0.29, 0.717) is 0 Å². The van der Waals surface area contributed by atoms with Crippen LogP contribution in [0.25, 0.3) is 73.4 Å².